The molecule has 1 aromatic rings. The number of amides is 2. The minimum Gasteiger partial charge on any atom is -0.481 e. The predicted molar refractivity (Wildman–Crippen MR) is 81.6 cm³/mol. The Kier molecular flexibility index (Phi) is 4.62. The second-order valence-corrected chi connectivity index (χ2v) is 5.26. The number of hydrogen-bond acceptors (Lipinski definition) is 2. The van der Waals surface area contributed by atoms with Crippen molar-refractivity contribution in [2.75, 3.05) is 11.4 Å². The number of para-hydroxylation sites is 1. The number of nitrogens with zero attached hydrogens (tertiary/aromatic N) is 1. The molecule has 1 aliphatic rings. The van der Waals surface area contributed by atoms with Crippen molar-refractivity contribution in [2.24, 2.45) is 0 Å². The van der Waals surface area contributed by atoms with E-state index in [2.05, 4.69) is 11.9 Å². The second-order valence-electron chi connectivity index (χ2n) is 5.26. The number of carboxylic acids is 1. The van der Waals surface area contributed by atoms with Gasteiger partial charge >= 0.3 is 12.0 Å². The van der Waals surface area contributed by atoms with Crippen LogP contribution in [0.3, 0.4) is 0 Å². The van der Waals surface area contributed by atoms with Crippen molar-refractivity contribution in [1.82, 2.24) is 5.32 Å². The highest BCUT2D eigenvalue weighted by Crippen LogP contribution is 2.35. The third-order valence-electron chi connectivity index (χ3n) is 3.68. The number of carbonyl (C=O) groups is 2. The second kappa shape index (κ2) is 6.43. The van der Waals surface area contributed by atoms with E-state index in [1.54, 1.807) is 29.2 Å². The number of rotatable bonds is 4. The van der Waals surface area contributed by atoms with Gasteiger partial charge in [-0.25, -0.2) is 4.79 Å². The van der Waals surface area contributed by atoms with Gasteiger partial charge in [-0.15, -0.1) is 6.58 Å². The molecule has 5 nitrogen and oxygen atoms in total. The van der Waals surface area contributed by atoms with Crippen LogP contribution in [-0.4, -0.2) is 29.7 Å². The van der Waals surface area contributed by atoms with Crippen molar-refractivity contribution < 1.29 is 14.7 Å². The van der Waals surface area contributed by atoms with E-state index in [4.69, 9.17) is 0 Å². The summed E-state index contributed by atoms with van der Waals surface area (Å²) in [7, 11) is 0. The molecular weight excluding hydrogens is 268 g/mol. The molecule has 0 bridgehead atoms. The zero-order valence-corrected chi connectivity index (χ0v) is 12.1. The van der Waals surface area contributed by atoms with Crippen molar-refractivity contribution in [3.05, 3.63) is 42.5 Å². The Morgan fingerprint density at radius 3 is 2.90 bits per heavy atom. The number of carboxylic acid groups (broad SMARTS) is 1. The maximum atomic E-state index is 12.4. The normalized spacial score (nSPS) is 18.5. The molecule has 1 heterocycles. The molecule has 2 atom stereocenters. The van der Waals surface area contributed by atoms with Crippen LogP contribution in [0, 0.1) is 0 Å². The van der Waals surface area contributed by atoms with Gasteiger partial charge in [0.2, 0.25) is 0 Å². The maximum Gasteiger partial charge on any atom is 0.322 e. The molecule has 21 heavy (non-hydrogen) atoms. The molecule has 5 heteroatoms. The Balaban J connectivity index is 2.22. The number of benzene rings is 1. The summed E-state index contributed by atoms with van der Waals surface area (Å²) in [6.07, 6.45) is 2.88. The van der Waals surface area contributed by atoms with E-state index in [0.717, 1.165) is 0 Å². The Bertz CT molecular complexity index is 556. The first-order chi connectivity index (χ1) is 10.0. The van der Waals surface area contributed by atoms with Crippen LogP contribution in [-0.2, 0) is 4.79 Å². The third kappa shape index (κ3) is 3.24. The van der Waals surface area contributed by atoms with E-state index < -0.39 is 11.9 Å². The average Bonchev–Trinajstić information content (AvgIpc) is 2.45. The highest BCUT2D eigenvalue weighted by molar-refractivity contribution is 5.95. The molecule has 0 radical (unpaired) electrons. The van der Waals surface area contributed by atoms with Crippen molar-refractivity contribution in [3.63, 3.8) is 0 Å². The number of urea groups is 1. The van der Waals surface area contributed by atoms with Gasteiger partial charge in [0.25, 0.3) is 0 Å². The fraction of sp³-hybridized carbons (Fsp3) is 0.375. The molecule has 0 spiro atoms. The molecule has 2 unspecified atom stereocenters. The first kappa shape index (κ1) is 15.1. The Labute approximate surface area is 124 Å². The average molecular weight is 288 g/mol. The molecule has 112 valence electrons. The lowest BCUT2D eigenvalue weighted by Crippen LogP contribution is -2.47. The number of nitrogens with one attached hydrogen (secondary N) is 1. The molecule has 2 amide bonds. The van der Waals surface area contributed by atoms with E-state index in [1.165, 1.54) is 0 Å². The first-order valence-corrected chi connectivity index (χ1v) is 7.05. The van der Waals surface area contributed by atoms with Gasteiger partial charge in [0, 0.05) is 18.3 Å². The molecule has 0 fully saturated rings. The smallest absolute Gasteiger partial charge is 0.322 e. The van der Waals surface area contributed by atoms with Crippen LogP contribution in [0.1, 0.15) is 31.2 Å². The minimum absolute atomic E-state index is 0.000593. The van der Waals surface area contributed by atoms with Gasteiger partial charge in [-0.2, -0.15) is 0 Å². The fourth-order valence-corrected chi connectivity index (χ4v) is 2.63. The third-order valence-corrected chi connectivity index (χ3v) is 3.68. The van der Waals surface area contributed by atoms with E-state index in [1.807, 2.05) is 13.0 Å². The van der Waals surface area contributed by atoms with Crippen molar-refractivity contribution in [3.8, 4) is 0 Å². The van der Waals surface area contributed by atoms with E-state index in [9.17, 15) is 14.7 Å². The molecule has 1 aliphatic heterocycles. The highest BCUT2D eigenvalue weighted by atomic mass is 16.4. The van der Waals surface area contributed by atoms with Crippen LogP contribution in [0.2, 0.25) is 0 Å². The van der Waals surface area contributed by atoms with Crippen molar-refractivity contribution >= 4 is 17.7 Å². The lowest BCUT2D eigenvalue weighted by Gasteiger charge is -2.33. The Morgan fingerprint density at radius 1 is 1.52 bits per heavy atom. The van der Waals surface area contributed by atoms with Crippen LogP contribution < -0.4 is 10.2 Å². The first-order valence-electron chi connectivity index (χ1n) is 7.05. The molecule has 0 saturated heterocycles. The minimum atomic E-state index is -0.845. The zero-order chi connectivity index (χ0) is 15.4. The summed E-state index contributed by atoms with van der Waals surface area (Å²) in [5.74, 6) is -1.39. The van der Waals surface area contributed by atoms with Gasteiger partial charge in [0.1, 0.15) is 0 Å². The van der Waals surface area contributed by atoms with Crippen LogP contribution in [0.25, 0.3) is 0 Å². The summed E-state index contributed by atoms with van der Waals surface area (Å²) < 4.78 is 0. The van der Waals surface area contributed by atoms with E-state index in [0.29, 0.717) is 30.6 Å². The van der Waals surface area contributed by atoms with Crippen molar-refractivity contribution in [1.29, 1.82) is 0 Å². The van der Waals surface area contributed by atoms with Crippen LogP contribution in [0.15, 0.2) is 36.9 Å². The van der Waals surface area contributed by atoms with Gasteiger partial charge in [0.05, 0.1) is 5.92 Å². The summed E-state index contributed by atoms with van der Waals surface area (Å²) in [6.45, 7) is 5.97. The molecule has 2 N–H and O–H groups in total. The van der Waals surface area contributed by atoms with Gasteiger partial charge in [-0.05, 0) is 31.4 Å². The number of hydrogen-bond donors (Lipinski definition) is 2. The summed E-state index contributed by atoms with van der Waals surface area (Å²) >= 11 is 0. The Hall–Kier alpha value is -2.30. The fourth-order valence-electron chi connectivity index (χ4n) is 2.63. The molecule has 0 aliphatic carbocycles. The molecular formula is C16H20N2O3. The quantitative estimate of drug-likeness (QED) is 0.837. The summed E-state index contributed by atoms with van der Waals surface area (Å²) in [5, 5.41) is 12.2. The largest absolute Gasteiger partial charge is 0.481 e. The predicted octanol–water partition coefficient (Wildman–Crippen LogP) is 2.74. The summed E-state index contributed by atoms with van der Waals surface area (Å²) in [5.41, 5.74) is 1.38. The monoisotopic (exact) mass is 288 g/mol. The maximum absolute atomic E-state index is 12.4. The number of carbonyl (C=O) groups excluding carboxylic acids is 1. The van der Waals surface area contributed by atoms with Gasteiger partial charge < -0.3 is 10.4 Å². The number of anilines is 1. The molecule has 0 saturated carbocycles. The summed E-state index contributed by atoms with van der Waals surface area (Å²) in [4.78, 5) is 25.3. The molecule has 0 aromatic heterocycles. The van der Waals surface area contributed by atoms with E-state index in [-0.39, 0.29) is 12.1 Å². The highest BCUT2D eigenvalue weighted by Gasteiger charge is 2.32. The van der Waals surface area contributed by atoms with E-state index >= 15 is 0 Å². The Morgan fingerprint density at radius 2 is 2.24 bits per heavy atom. The molecule has 2 rings (SSSR count). The number of aliphatic carboxylic acids is 1. The van der Waals surface area contributed by atoms with Gasteiger partial charge in [-0.1, -0.05) is 24.3 Å². The SMILES string of the molecule is C=CCC(C)NC(=O)N1CCC(C(=O)O)c2ccccc21. The zero-order valence-electron chi connectivity index (χ0n) is 12.1. The topological polar surface area (TPSA) is 69.6 Å². The lowest BCUT2D eigenvalue weighted by atomic mass is 9.90. The lowest BCUT2D eigenvalue weighted by molar-refractivity contribution is -0.139. The standard InChI is InChI=1S/C16H20N2O3/c1-3-6-11(2)17-16(21)18-10-9-13(15(19)20)12-7-4-5-8-14(12)18/h3-5,7-8,11,13H,1,6,9-10H2,2H3,(H,17,21)(H,19,20). The summed E-state index contributed by atoms with van der Waals surface area (Å²) in [6, 6.07) is 7.00. The molecule has 1 aromatic carbocycles. The number of fused-ring (bicyclic) bond motifs is 1. The van der Waals surface area contributed by atoms with Crippen LogP contribution in [0.4, 0.5) is 10.5 Å². The van der Waals surface area contributed by atoms with Crippen LogP contribution in [0.5, 0.6) is 0 Å². The van der Waals surface area contributed by atoms with Crippen LogP contribution >= 0.6 is 0 Å². The van der Waals surface area contributed by atoms with Gasteiger partial charge in [-0.3, -0.25) is 9.69 Å². The van der Waals surface area contributed by atoms with Crippen molar-refractivity contribution in [2.45, 2.75) is 31.7 Å². The van der Waals surface area contributed by atoms with Gasteiger partial charge in [0.15, 0.2) is 0 Å².